The fourth-order valence-electron chi connectivity index (χ4n) is 2.14. The van der Waals surface area contributed by atoms with Crippen LogP contribution in [0.5, 0.6) is 0 Å². The highest BCUT2D eigenvalue weighted by Crippen LogP contribution is 2.24. The van der Waals surface area contributed by atoms with E-state index in [4.69, 9.17) is 5.11 Å². The number of carbonyl (C=O) groups is 1. The van der Waals surface area contributed by atoms with Gasteiger partial charge in [-0.25, -0.2) is 12.8 Å². The first-order valence-electron chi connectivity index (χ1n) is 5.90. The first kappa shape index (κ1) is 14.0. The van der Waals surface area contributed by atoms with Crippen LogP contribution in [0.2, 0.25) is 0 Å². The van der Waals surface area contributed by atoms with Gasteiger partial charge in [0.05, 0.1) is 10.8 Å². The lowest BCUT2D eigenvalue weighted by Gasteiger charge is -2.29. The van der Waals surface area contributed by atoms with Crippen LogP contribution in [0, 0.1) is 11.7 Å². The van der Waals surface area contributed by atoms with Gasteiger partial charge in [0.15, 0.2) is 0 Å². The minimum atomic E-state index is -3.82. The molecule has 7 heteroatoms. The monoisotopic (exact) mass is 287 g/mol. The summed E-state index contributed by atoms with van der Waals surface area (Å²) < 4.78 is 38.8. The standard InChI is InChI=1S/C12H14FNO4S/c13-10-4-1-5-11(7-10)19(17,18)14-6-2-3-9(8-14)12(15)16/h1,4-5,7,9H,2-3,6,8H2,(H,15,16)/t9-/m1/s1. The lowest BCUT2D eigenvalue weighted by atomic mass is 10.0. The molecule has 0 saturated carbocycles. The van der Waals surface area contributed by atoms with Gasteiger partial charge in [0.25, 0.3) is 0 Å². The second-order valence-corrected chi connectivity index (χ2v) is 6.44. The summed E-state index contributed by atoms with van der Waals surface area (Å²) in [5.41, 5.74) is 0. The van der Waals surface area contributed by atoms with Crippen LogP contribution in [0.4, 0.5) is 4.39 Å². The third-order valence-electron chi connectivity index (χ3n) is 3.17. The molecule has 1 aliphatic rings. The molecule has 1 aliphatic heterocycles. The maximum Gasteiger partial charge on any atom is 0.307 e. The minimum absolute atomic E-state index is 0.0613. The van der Waals surface area contributed by atoms with Gasteiger partial charge in [-0.05, 0) is 31.0 Å². The molecule has 0 amide bonds. The Morgan fingerprint density at radius 1 is 1.42 bits per heavy atom. The minimum Gasteiger partial charge on any atom is -0.481 e. The molecule has 1 N–H and O–H groups in total. The summed E-state index contributed by atoms with van der Waals surface area (Å²) in [5.74, 6) is -2.33. The van der Waals surface area contributed by atoms with Gasteiger partial charge in [0.2, 0.25) is 10.0 Å². The van der Waals surface area contributed by atoms with Gasteiger partial charge >= 0.3 is 5.97 Å². The SMILES string of the molecule is O=C(O)[C@@H]1CCCN(S(=O)(=O)c2cccc(F)c2)C1. The number of hydrogen-bond donors (Lipinski definition) is 1. The highest BCUT2D eigenvalue weighted by atomic mass is 32.2. The summed E-state index contributed by atoms with van der Waals surface area (Å²) in [6.45, 7) is 0.205. The fraction of sp³-hybridized carbons (Fsp3) is 0.417. The number of aliphatic carboxylic acids is 1. The molecular weight excluding hydrogens is 273 g/mol. The van der Waals surface area contributed by atoms with Gasteiger partial charge in [-0.3, -0.25) is 4.79 Å². The average molecular weight is 287 g/mol. The van der Waals surface area contributed by atoms with E-state index < -0.39 is 27.7 Å². The molecule has 0 unspecified atom stereocenters. The van der Waals surface area contributed by atoms with Crippen molar-refractivity contribution in [2.75, 3.05) is 13.1 Å². The number of hydrogen-bond acceptors (Lipinski definition) is 3. The maximum atomic E-state index is 13.1. The zero-order valence-corrected chi connectivity index (χ0v) is 10.9. The van der Waals surface area contributed by atoms with E-state index in [1.807, 2.05) is 0 Å². The molecule has 104 valence electrons. The van der Waals surface area contributed by atoms with E-state index in [-0.39, 0.29) is 18.0 Å². The summed E-state index contributed by atoms with van der Waals surface area (Å²) >= 11 is 0. The molecule has 1 heterocycles. The van der Waals surface area contributed by atoms with E-state index >= 15 is 0 Å². The van der Waals surface area contributed by atoms with Gasteiger partial charge in [-0.1, -0.05) is 6.07 Å². The average Bonchev–Trinajstić information content (AvgIpc) is 2.39. The molecule has 0 spiro atoms. The number of carboxylic acids is 1. The zero-order chi connectivity index (χ0) is 14.0. The molecule has 1 aromatic rings. The van der Waals surface area contributed by atoms with Crippen LogP contribution >= 0.6 is 0 Å². The molecule has 5 nitrogen and oxygen atoms in total. The molecule has 1 atom stereocenters. The Morgan fingerprint density at radius 3 is 2.79 bits per heavy atom. The normalized spacial score (nSPS) is 21.2. The molecule has 19 heavy (non-hydrogen) atoms. The van der Waals surface area contributed by atoms with Crippen molar-refractivity contribution in [3.63, 3.8) is 0 Å². The van der Waals surface area contributed by atoms with Gasteiger partial charge in [-0.15, -0.1) is 0 Å². The number of piperidine rings is 1. The van der Waals surface area contributed by atoms with Crippen molar-refractivity contribution in [1.82, 2.24) is 4.31 Å². The predicted octanol–water partition coefficient (Wildman–Crippen LogP) is 1.31. The molecule has 0 bridgehead atoms. The number of benzene rings is 1. The Bertz CT molecular complexity index is 587. The summed E-state index contributed by atoms with van der Waals surface area (Å²) in [6.07, 6.45) is 0.954. The summed E-state index contributed by atoms with van der Waals surface area (Å²) in [4.78, 5) is 10.8. The van der Waals surface area contributed by atoms with Crippen molar-refractivity contribution in [2.24, 2.45) is 5.92 Å². The number of halogens is 1. The number of rotatable bonds is 3. The van der Waals surface area contributed by atoms with Crippen molar-refractivity contribution in [2.45, 2.75) is 17.7 Å². The first-order chi connectivity index (χ1) is 8.91. The lowest BCUT2D eigenvalue weighted by molar-refractivity contribution is -0.142. The smallest absolute Gasteiger partial charge is 0.307 e. The van der Waals surface area contributed by atoms with Crippen LogP contribution < -0.4 is 0 Å². The number of nitrogens with zero attached hydrogens (tertiary/aromatic N) is 1. The summed E-state index contributed by atoms with van der Waals surface area (Å²) in [5, 5.41) is 8.95. The van der Waals surface area contributed by atoms with Crippen LogP contribution in [0.1, 0.15) is 12.8 Å². The molecule has 1 saturated heterocycles. The van der Waals surface area contributed by atoms with Gasteiger partial charge in [0, 0.05) is 13.1 Å². The fourth-order valence-corrected chi connectivity index (χ4v) is 3.69. The highest BCUT2D eigenvalue weighted by molar-refractivity contribution is 7.89. The quantitative estimate of drug-likeness (QED) is 0.909. The van der Waals surface area contributed by atoms with E-state index in [1.54, 1.807) is 0 Å². The zero-order valence-electron chi connectivity index (χ0n) is 10.1. The highest BCUT2D eigenvalue weighted by Gasteiger charge is 2.33. The second-order valence-electron chi connectivity index (χ2n) is 4.50. The molecule has 2 rings (SSSR count). The van der Waals surface area contributed by atoms with Crippen LogP contribution in [0.3, 0.4) is 0 Å². The van der Waals surface area contributed by atoms with Crippen molar-refractivity contribution in [3.05, 3.63) is 30.1 Å². The van der Waals surface area contributed by atoms with Crippen LogP contribution in [-0.2, 0) is 14.8 Å². The molecule has 0 radical (unpaired) electrons. The Kier molecular flexibility index (Phi) is 3.86. The molecule has 0 aromatic heterocycles. The van der Waals surface area contributed by atoms with E-state index in [0.29, 0.717) is 12.8 Å². The van der Waals surface area contributed by atoms with E-state index in [1.165, 1.54) is 12.1 Å². The van der Waals surface area contributed by atoms with Crippen LogP contribution in [0.25, 0.3) is 0 Å². The number of sulfonamides is 1. The summed E-state index contributed by atoms with van der Waals surface area (Å²) in [6, 6.07) is 4.73. The van der Waals surface area contributed by atoms with Crippen molar-refractivity contribution in [1.29, 1.82) is 0 Å². The van der Waals surface area contributed by atoms with Gasteiger partial charge in [-0.2, -0.15) is 4.31 Å². The Balaban J connectivity index is 2.27. The van der Waals surface area contributed by atoms with Gasteiger partial charge in [0.1, 0.15) is 5.82 Å². The first-order valence-corrected chi connectivity index (χ1v) is 7.34. The lowest BCUT2D eigenvalue weighted by Crippen LogP contribution is -2.42. The number of carboxylic acid groups (broad SMARTS) is 1. The molecule has 1 fully saturated rings. The van der Waals surface area contributed by atoms with Crippen molar-refractivity contribution >= 4 is 16.0 Å². The van der Waals surface area contributed by atoms with E-state index in [9.17, 15) is 17.6 Å². The Hall–Kier alpha value is -1.47. The van der Waals surface area contributed by atoms with E-state index in [2.05, 4.69) is 0 Å². The summed E-state index contributed by atoms with van der Waals surface area (Å²) in [7, 11) is -3.82. The van der Waals surface area contributed by atoms with Crippen LogP contribution in [-0.4, -0.2) is 36.9 Å². The predicted molar refractivity (Wildman–Crippen MR) is 65.5 cm³/mol. The van der Waals surface area contributed by atoms with Crippen LogP contribution in [0.15, 0.2) is 29.2 Å². The Morgan fingerprint density at radius 2 is 2.16 bits per heavy atom. The Labute approximate surface area is 110 Å². The third kappa shape index (κ3) is 2.93. The second kappa shape index (κ2) is 5.26. The van der Waals surface area contributed by atoms with Gasteiger partial charge < -0.3 is 5.11 Å². The maximum absolute atomic E-state index is 13.1. The molecule has 1 aromatic carbocycles. The van der Waals surface area contributed by atoms with Crippen molar-refractivity contribution < 1.29 is 22.7 Å². The molecule has 0 aliphatic carbocycles. The topological polar surface area (TPSA) is 74.7 Å². The third-order valence-corrected chi connectivity index (χ3v) is 5.03. The largest absolute Gasteiger partial charge is 0.481 e. The molecular formula is C12H14FNO4S. The van der Waals surface area contributed by atoms with Crippen molar-refractivity contribution in [3.8, 4) is 0 Å². The van der Waals surface area contributed by atoms with E-state index in [0.717, 1.165) is 16.4 Å².